The van der Waals surface area contributed by atoms with E-state index in [1.807, 2.05) is 67.6 Å². The van der Waals surface area contributed by atoms with Crippen molar-refractivity contribution in [3.63, 3.8) is 0 Å². The maximum atomic E-state index is 12.9. The van der Waals surface area contributed by atoms with E-state index in [1.54, 1.807) is 30.5 Å². The standard InChI is InChI=1S/C25H22N4O2/c1-18(20-12-6-3-7-13-20)16-26-27-24(30)23-21-14-8-9-15-22(21)25(31)29(28-23)17-19-10-4-2-5-11-19/h2-16,18H,17H2,1H3,(H,27,30)/b26-16-/t18-/m1/s1. The van der Waals surface area contributed by atoms with Gasteiger partial charge in [0.05, 0.1) is 11.9 Å². The highest BCUT2D eigenvalue weighted by Gasteiger charge is 2.16. The lowest BCUT2D eigenvalue weighted by Crippen LogP contribution is -2.29. The molecule has 1 aromatic heterocycles. The molecule has 0 aliphatic heterocycles. The predicted octanol–water partition coefficient (Wildman–Crippen LogP) is 3.96. The van der Waals surface area contributed by atoms with E-state index >= 15 is 0 Å². The number of aromatic nitrogens is 2. The minimum absolute atomic E-state index is 0.0400. The van der Waals surface area contributed by atoms with Gasteiger partial charge in [0.1, 0.15) is 0 Å². The molecular weight excluding hydrogens is 388 g/mol. The maximum Gasteiger partial charge on any atom is 0.292 e. The summed E-state index contributed by atoms with van der Waals surface area (Å²) in [7, 11) is 0. The smallest absolute Gasteiger partial charge is 0.267 e. The Morgan fingerprint density at radius 2 is 1.58 bits per heavy atom. The number of hydrogen-bond acceptors (Lipinski definition) is 4. The van der Waals surface area contributed by atoms with Crippen molar-refractivity contribution in [3.05, 3.63) is 112 Å². The molecular formula is C25H22N4O2. The van der Waals surface area contributed by atoms with Crippen LogP contribution in [0.5, 0.6) is 0 Å². The molecule has 31 heavy (non-hydrogen) atoms. The van der Waals surface area contributed by atoms with E-state index in [1.165, 1.54) is 4.68 Å². The Morgan fingerprint density at radius 3 is 2.29 bits per heavy atom. The first kappa shape index (κ1) is 20.2. The molecule has 1 atom stereocenters. The van der Waals surface area contributed by atoms with Gasteiger partial charge in [-0.2, -0.15) is 10.2 Å². The Kier molecular flexibility index (Phi) is 5.98. The average Bonchev–Trinajstić information content (AvgIpc) is 2.82. The number of amides is 1. The number of benzene rings is 3. The highest BCUT2D eigenvalue weighted by atomic mass is 16.2. The van der Waals surface area contributed by atoms with Crippen molar-refractivity contribution in [3.8, 4) is 0 Å². The van der Waals surface area contributed by atoms with Gasteiger partial charge in [-0.1, -0.05) is 85.8 Å². The van der Waals surface area contributed by atoms with Crippen molar-refractivity contribution in [2.75, 3.05) is 0 Å². The number of hydrazone groups is 1. The van der Waals surface area contributed by atoms with E-state index in [0.717, 1.165) is 11.1 Å². The summed E-state index contributed by atoms with van der Waals surface area (Å²) in [6.07, 6.45) is 1.68. The number of carbonyl (C=O) groups is 1. The first-order valence-corrected chi connectivity index (χ1v) is 10.1. The van der Waals surface area contributed by atoms with Gasteiger partial charge in [0.15, 0.2) is 5.69 Å². The van der Waals surface area contributed by atoms with Crippen LogP contribution >= 0.6 is 0 Å². The van der Waals surface area contributed by atoms with Gasteiger partial charge in [-0.05, 0) is 17.2 Å². The van der Waals surface area contributed by atoms with E-state index in [9.17, 15) is 9.59 Å². The van der Waals surface area contributed by atoms with Gasteiger partial charge in [-0.3, -0.25) is 9.59 Å². The summed E-state index contributed by atoms with van der Waals surface area (Å²) in [5.41, 5.74) is 4.50. The lowest BCUT2D eigenvalue weighted by atomic mass is 10.0. The summed E-state index contributed by atoms with van der Waals surface area (Å²) in [4.78, 5) is 25.8. The van der Waals surface area contributed by atoms with Crippen molar-refractivity contribution in [1.82, 2.24) is 15.2 Å². The second-order valence-electron chi connectivity index (χ2n) is 7.26. The third kappa shape index (κ3) is 4.59. The normalized spacial score (nSPS) is 12.2. The van der Waals surface area contributed by atoms with Crippen LogP contribution in [-0.2, 0) is 6.54 Å². The van der Waals surface area contributed by atoms with Crippen molar-refractivity contribution in [2.45, 2.75) is 19.4 Å². The van der Waals surface area contributed by atoms with Crippen LogP contribution in [-0.4, -0.2) is 21.9 Å². The van der Waals surface area contributed by atoms with Crippen LogP contribution in [0.2, 0.25) is 0 Å². The zero-order chi connectivity index (χ0) is 21.6. The molecule has 0 fully saturated rings. The van der Waals surface area contributed by atoms with Gasteiger partial charge in [0.25, 0.3) is 11.5 Å². The number of nitrogens with one attached hydrogen (secondary N) is 1. The third-order valence-electron chi connectivity index (χ3n) is 5.05. The van der Waals surface area contributed by atoms with Crippen LogP contribution in [0.1, 0.15) is 34.5 Å². The minimum atomic E-state index is -0.463. The largest absolute Gasteiger partial charge is 0.292 e. The second-order valence-corrected chi connectivity index (χ2v) is 7.26. The van der Waals surface area contributed by atoms with Crippen LogP contribution in [0, 0.1) is 0 Å². The van der Waals surface area contributed by atoms with Gasteiger partial charge in [0.2, 0.25) is 0 Å². The topological polar surface area (TPSA) is 76.3 Å². The number of rotatable bonds is 6. The monoisotopic (exact) mass is 410 g/mol. The zero-order valence-electron chi connectivity index (χ0n) is 17.1. The minimum Gasteiger partial charge on any atom is -0.267 e. The summed E-state index contributed by atoms with van der Waals surface area (Å²) in [5, 5.41) is 9.43. The quantitative estimate of drug-likeness (QED) is 0.386. The first-order chi connectivity index (χ1) is 15.1. The molecule has 6 nitrogen and oxygen atoms in total. The summed E-state index contributed by atoms with van der Waals surface area (Å²) in [6, 6.07) is 26.4. The highest BCUT2D eigenvalue weighted by molar-refractivity contribution is 6.04. The molecule has 0 unspecified atom stereocenters. The summed E-state index contributed by atoms with van der Waals surface area (Å²) in [6.45, 7) is 2.28. The van der Waals surface area contributed by atoms with Crippen LogP contribution < -0.4 is 11.0 Å². The van der Waals surface area contributed by atoms with E-state index < -0.39 is 5.91 Å². The molecule has 4 aromatic rings. The lowest BCUT2D eigenvalue weighted by molar-refractivity contribution is 0.0949. The molecule has 4 rings (SSSR count). The molecule has 0 bridgehead atoms. The summed E-state index contributed by atoms with van der Waals surface area (Å²) < 4.78 is 1.32. The molecule has 0 aliphatic rings. The van der Waals surface area contributed by atoms with E-state index in [0.29, 0.717) is 10.8 Å². The summed E-state index contributed by atoms with van der Waals surface area (Å²) >= 11 is 0. The molecule has 3 aromatic carbocycles. The fourth-order valence-corrected chi connectivity index (χ4v) is 3.37. The number of hydrogen-bond donors (Lipinski definition) is 1. The Balaban J connectivity index is 1.63. The Hall–Kier alpha value is -4.06. The molecule has 1 amide bonds. The van der Waals surface area contributed by atoms with Crippen LogP contribution in [0.25, 0.3) is 10.8 Å². The molecule has 0 spiro atoms. The van der Waals surface area contributed by atoms with Crippen LogP contribution in [0.3, 0.4) is 0 Å². The Morgan fingerprint density at radius 1 is 0.968 bits per heavy atom. The molecule has 0 saturated heterocycles. The molecule has 0 saturated carbocycles. The van der Waals surface area contributed by atoms with Crippen molar-refractivity contribution < 1.29 is 4.79 Å². The first-order valence-electron chi connectivity index (χ1n) is 10.1. The zero-order valence-corrected chi connectivity index (χ0v) is 17.1. The van der Waals surface area contributed by atoms with Gasteiger partial charge in [0, 0.05) is 17.5 Å². The highest BCUT2D eigenvalue weighted by Crippen LogP contribution is 2.14. The van der Waals surface area contributed by atoms with Gasteiger partial charge < -0.3 is 0 Å². The molecule has 154 valence electrons. The van der Waals surface area contributed by atoms with Crippen molar-refractivity contribution >= 4 is 22.9 Å². The number of fused-ring (bicyclic) bond motifs is 1. The van der Waals surface area contributed by atoms with Gasteiger partial charge >= 0.3 is 0 Å². The molecule has 6 heteroatoms. The molecule has 1 N–H and O–H groups in total. The number of carbonyl (C=O) groups excluding carboxylic acids is 1. The average molecular weight is 410 g/mol. The fourth-order valence-electron chi connectivity index (χ4n) is 3.37. The number of nitrogens with zero attached hydrogens (tertiary/aromatic N) is 3. The Labute approximate surface area is 179 Å². The molecule has 1 heterocycles. The molecule has 0 aliphatic carbocycles. The van der Waals surface area contributed by atoms with E-state index in [4.69, 9.17) is 0 Å². The predicted molar refractivity (Wildman–Crippen MR) is 122 cm³/mol. The van der Waals surface area contributed by atoms with E-state index in [2.05, 4.69) is 15.6 Å². The van der Waals surface area contributed by atoms with Crippen molar-refractivity contribution in [2.24, 2.45) is 5.10 Å². The van der Waals surface area contributed by atoms with Crippen molar-refractivity contribution in [1.29, 1.82) is 0 Å². The van der Waals surface area contributed by atoms with Gasteiger partial charge in [-0.25, -0.2) is 10.1 Å². The SMILES string of the molecule is C[C@H](/C=N\NC(=O)c1nn(Cc2ccccc2)c(=O)c2ccccc12)c1ccccc1. The van der Waals surface area contributed by atoms with Gasteiger partial charge in [-0.15, -0.1) is 0 Å². The second kappa shape index (κ2) is 9.17. The van der Waals surface area contributed by atoms with E-state index in [-0.39, 0.29) is 23.7 Å². The molecule has 0 radical (unpaired) electrons. The van der Waals surface area contributed by atoms with Crippen LogP contribution in [0.4, 0.5) is 0 Å². The lowest BCUT2D eigenvalue weighted by Gasteiger charge is -2.10. The summed E-state index contributed by atoms with van der Waals surface area (Å²) in [5.74, 6) is -0.423. The fraction of sp³-hybridized carbons (Fsp3) is 0.120. The third-order valence-corrected chi connectivity index (χ3v) is 5.05. The maximum absolute atomic E-state index is 12.9. The Bertz CT molecular complexity index is 1280. The van der Waals surface area contributed by atoms with Crippen LogP contribution in [0.15, 0.2) is 94.8 Å².